The van der Waals surface area contributed by atoms with Crippen molar-refractivity contribution in [2.75, 3.05) is 12.0 Å². The molecule has 0 unspecified atom stereocenters. The molecule has 0 aliphatic carbocycles. The fraction of sp³-hybridized carbons (Fsp3) is 0.0500. The molecule has 0 atom stereocenters. The molecule has 1 heterocycles. The second-order valence-electron chi connectivity index (χ2n) is 6.13. The van der Waals surface area contributed by atoms with Gasteiger partial charge in [0.05, 0.1) is 28.2 Å². The zero-order valence-corrected chi connectivity index (χ0v) is 17.1. The molecule has 11 nitrogen and oxygen atoms in total. The Morgan fingerprint density at radius 3 is 2.22 bits per heavy atom. The topological polar surface area (TPSA) is 156 Å². The van der Waals surface area contributed by atoms with Crippen LogP contribution in [0.1, 0.15) is 20.7 Å². The average molecular weight is 455 g/mol. The van der Waals surface area contributed by atoms with E-state index in [1.165, 1.54) is 36.4 Å². The highest BCUT2D eigenvalue weighted by Crippen LogP contribution is 2.35. The van der Waals surface area contributed by atoms with Crippen LogP contribution < -0.4 is 4.90 Å². The van der Waals surface area contributed by atoms with Gasteiger partial charge in [0.15, 0.2) is 5.17 Å². The van der Waals surface area contributed by atoms with Gasteiger partial charge in [-0.3, -0.25) is 24.6 Å². The maximum atomic E-state index is 12.9. The number of hydrogen-bond donors (Lipinski definition) is 1. The van der Waals surface area contributed by atoms with Gasteiger partial charge in [0.25, 0.3) is 17.5 Å². The third kappa shape index (κ3) is 4.70. The Morgan fingerprint density at radius 2 is 1.69 bits per heavy atom. The number of carboxylic acid groups (broad SMARTS) is 1. The van der Waals surface area contributed by atoms with Gasteiger partial charge in [-0.15, -0.1) is 0 Å². The standard InChI is InChI=1S/C20H13N3O8S/c1-31-16(24)10-15-18(26)22(13-6-4-12(5-7-13)19(27)28)20(32-15)21-17(25)11-2-8-14(9-3-11)23(29)30/h2-10H,1H3,(H,27,28). The summed E-state index contributed by atoms with van der Waals surface area (Å²) in [5.41, 5.74) is 0.0422. The van der Waals surface area contributed by atoms with Gasteiger partial charge in [-0.05, 0) is 48.2 Å². The maximum absolute atomic E-state index is 12.9. The lowest BCUT2D eigenvalue weighted by Gasteiger charge is -2.15. The van der Waals surface area contributed by atoms with E-state index in [1.807, 2.05) is 0 Å². The number of nitro benzene ring substituents is 1. The average Bonchev–Trinajstić information content (AvgIpc) is 3.08. The minimum atomic E-state index is -1.16. The summed E-state index contributed by atoms with van der Waals surface area (Å²) < 4.78 is 4.53. The van der Waals surface area contributed by atoms with Gasteiger partial charge in [-0.1, -0.05) is 0 Å². The van der Waals surface area contributed by atoms with Crippen molar-refractivity contribution in [2.45, 2.75) is 0 Å². The van der Waals surface area contributed by atoms with Gasteiger partial charge in [-0.25, -0.2) is 9.59 Å². The smallest absolute Gasteiger partial charge is 0.335 e. The van der Waals surface area contributed by atoms with Crippen LogP contribution in [0.3, 0.4) is 0 Å². The van der Waals surface area contributed by atoms with Gasteiger partial charge in [-0.2, -0.15) is 4.99 Å². The van der Waals surface area contributed by atoms with E-state index in [0.717, 1.165) is 42.0 Å². The Kier molecular flexibility index (Phi) is 6.45. The van der Waals surface area contributed by atoms with Crippen LogP contribution >= 0.6 is 11.8 Å². The number of anilines is 1. The van der Waals surface area contributed by atoms with Crippen LogP contribution in [0.15, 0.2) is 64.5 Å². The number of nitro groups is 1. The number of aromatic carboxylic acids is 1. The number of amides is 2. The molecule has 0 spiro atoms. The van der Waals surface area contributed by atoms with Crippen LogP contribution in [0.25, 0.3) is 0 Å². The molecule has 1 fully saturated rings. The molecule has 2 aromatic carbocycles. The Morgan fingerprint density at radius 1 is 1.09 bits per heavy atom. The zero-order valence-electron chi connectivity index (χ0n) is 16.3. The lowest BCUT2D eigenvalue weighted by atomic mass is 10.2. The number of carbonyl (C=O) groups is 4. The molecule has 0 saturated carbocycles. The molecule has 0 bridgehead atoms. The van der Waals surface area contributed by atoms with E-state index >= 15 is 0 Å². The third-order valence-corrected chi connectivity index (χ3v) is 5.12. The first-order valence-electron chi connectivity index (χ1n) is 8.74. The molecule has 1 aliphatic heterocycles. The number of methoxy groups -OCH3 is 1. The van der Waals surface area contributed by atoms with Crippen LogP contribution in [-0.2, 0) is 14.3 Å². The van der Waals surface area contributed by atoms with E-state index in [1.54, 1.807) is 0 Å². The largest absolute Gasteiger partial charge is 0.478 e. The highest BCUT2D eigenvalue weighted by atomic mass is 32.2. The summed E-state index contributed by atoms with van der Waals surface area (Å²) in [7, 11) is 1.14. The summed E-state index contributed by atoms with van der Waals surface area (Å²) >= 11 is 0.748. The van der Waals surface area contributed by atoms with Gasteiger partial charge in [0.2, 0.25) is 0 Å². The van der Waals surface area contributed by atoms with Crippen molar-refractivity contribution >= 4 is 52.1 Å². The number of hydrogen-bond acceptors (Lipinski definition) is 8. The summed E-state index contributed by atoms with van der Waals surface area (Å²) in [4.78, 5) is 63.2. The Balaban J connectivity index is 2.00. The van der Waals surface area contributed by atoms with Crippen molar-refractivity contribution in [1.82, 2.24) is 0 Å². The summed E-state index contributed by atoms with van der Waals surface area (Å²) in [5.74, 6) is -3.39. The summed E-state index contributed by atoms with van der Waals surface area (Å²) in [5, 5.41) is 19.7. The van der Waals surface area contributed by atoms with Crippen molar-refractivity contribution in [3.05, 3.63) is 80.8 Å². The van der Waals surface area contributed by atoms with Gasteiger partial charge in [0.1, 0.15) is 0 Å². The fourth-order valence-corrected chi connectivity index (χ4v) is 3.51. The predicted molar refractivity (Wildman–Crippen MR) is 113 cm³/mol. The lowest BCUT2D eigenvalue weighted by molar-refractivity contribution is -0.384. The SMILES string of the molecule is COC(=O)C=C1SC(=NC(=O)c2ccc([N+](=O)[O-])cc2)N(c2ccc(C(=O)O)cc2)C1=O. The van der Waals surface area contributed by atoms with E-state index in [2.05, 4.69) is 9.73 Å². The molecular formula is C20H13N3O8S. The quantitative estimate of drug-likeness (QED) is 0.310. The molecule has 0 aromatic heterocycles. The monoisotopic (exact) mass is 455 g/mol. The molecule has 2 aromatic rings. The van der Waals surface area contributed by atoms with Crippen molar-refractivity contribution < 1.29 is 33.9 Å². The molecule has 1 N–H and O–H groups in total. The Bertz CT molecular complexity index is 1190. The molecule has 2 amide bonds. The van der Waals surface area contributed by atoms with Gasteiger partial charge < -0.3 is 9.84 Å². The summed E-state index contributed by atoms with van der Waals surface area (Å²) in [6.45, 7) is 0. The van der Waals surface area contributed by atoms with Crippen molar-refractivity contribution in [1.29, 1.82) is 0 Å². The second kappa shape index (κ2) is 9.22. The van der Waals surface area contributed by atoms with E-state index in [9.17, 15) is 29.3 Å². The van der Waals surface area contributed by atoms with Crippen molar-refractivity contribution in [2.24, 2.45) is 4.99 Å². The van der Waals surface area contributed by atoms with Crippen LogP contribution in [0.2, 0.25) is 0 Å². The van der Waals surface area contributed by atoms with Crippen molar-refractivity contribution in [3.8, 4) is 0 Å². The van der Waals surface area contributed by atoms with E-state index in [-0.39, 0.29) is 32.6 Å². The summed E-state index contributed by atoms with van der Waals surface area (Å²) in [6.07, 6.45) is 0.949. The minimum Gasteiger partial charge on any atom is -0.478 e. The van der Waals surface area contributed by atoms with E-state index in [4.69, 9.17) is 5.11 Å². The highest BCUT2D eigenvalue weighted by Gasteiger charge is 2.36. The number of benzene rings is 2. The molecule has 12 heteroatoms. The van der Waals surface area contributed by atoms with Crippen LogP contribution in [0.4, 0.5) is 11.4 Å². The maximum Gasteiger partial charge on any atom is 0.335 e. The molecule has 1 aliphatic rings. The normalized spacial score (nSPS) is 15.8. The van der Waals surface area contributed by atoms with E-state index in [0.29, 0.717) is 0 Å². The number of ether oxygens (including phenoxy) is 1. The van der Waals surface area contributed by atoms with Crippen LogP contribution in [0.5, 0.6) is 0 Å². The number of rotatable bonds is 5. The predicted octanol–water partition coefficient (Wildman–Crippen LogP) is 2.63. The number of esters is 1. The second-order valence-corrected chi connectivity index (χ2v) is 7.14. The van der Waals surface area contributed by atoms with Crippen LogP contribution in [-0.4, -0.2) is 46.1 Å². The van der Waals surface area contributed by atoms with E-state index < -0.39 is 28.7 Å². The number of non-ortho nitro benzene ring substituents is 1. The fourth-order valence-electron chi connectivity index (χ4n) is 2.57. The third-order valence-electron chi connectivity index (χ3n) is 4.15. The molecule has 1 saturated heterocycles. The molecule has 32 heavy (non-hydrogen) atoms. The first-order chi connectivity index (χ1) is 15.2. The van der Waals surface area contributed by atoms with Crippen molar-refractivity contribution in [3.63, 3.8) is 0 Å². The number of nitrogens with zero attached hydrogens (tertiary/aromatic N) is 3. The molecular weight excluding hydrogens is 442 g/mol. The number of aliphatic imine (C=N–C) groups is 1. The zero-order chi connectivity index (χ0) is 23.4. The van der Waals surface area contributed by atoms with Gasteiger partial charge in [0, 0.05) is 23.8 Å². The number of carbonyl (C=O) groups excluding carboxylic acids is 3. The molecule has 162 valence electrons. The van der Waals surface area contributed by atoms with Crippen LogP contribution in [0, 0.1) is 10.1 Å². The number of carboxylic acids is 1. The highest BCUT2D eigenvalue weighted by molar-refractivity contribution is 8.19. The first kappa shape index (κ1) is 22.4. The Hall–Kier alpha value is -4.32. The minimum absolute atomic E-state index is 0.0150. The summed E-state index contributed by atoms with van der Waals surface area (Å²) in [6, 6.07) is 9.99. The molecule has 3 rings (SSSR count). The Labute approximate surface area is 184 Å². The lowest BCUT2D eigenvalue weighted by Crippen LogP contribution is -2.29. The molecule has 0 radical (unpaired) electrons. The number of thioether (sulfide) groups is 1. The first-order valence-corrected chi connectivity index (χ1v) is 9.55. The van der Waals surface area contributed by atoms with Gasteiger partial charge >= 0.3 is 11.9 Å². The number of amidine groups is 1.